The lowest BCUT2D eigenvalue weighted by Gasteiger charge is -2.37. The molecular formula is C24H31N5O3. The van der Waals surface area contributed by atoms with Gasteiger partial charge in [0.15, 0.2) is 0 Å². The van der Waals surface area contributed by atoms with Gasteiger partial charge in [-0.3, -0.25) is 9.59 Å². The minimum atomic E-state index is -0.143. The van der Waals surface area contributed by atoms with E-state index in [1.54, 1.807) is 31.7 Å². The number of H-pyrrole nitrogens is 1. The Bertz CT molecular complexity index is 1030. The first-order chi connectivity index (χ1) is 15.6. The van der Waals surface area contributed by atoms with E-state index < -0.39 is 0 Å². The third-order valence-electron chi connectivity index (χ3n) is 6.31. The van der Waals surface area contributed by atoms with Crippen LogP contribution in [0.3, 0.4) is 0 Å². The van der Waals surface area contributed by atoms with Gasteiger partial charge < -0.3 is 25.7 Å². The average Bonchev–Trinajstić information content (AvgIpc) is 3.67. The number of aromatic amines is 1. The van der Waals surface area contributed by atoms with E-state index in [1.807, 2.05) is 23.1 Å². The fourth-order valence-corrected chi connectivity index (χ4v) is 4.49. The Labute approximate surface area is 187 Å². The van der Waals surface area contributed by atoms with Gasteiger partial charge in [-0.1, -0.05) is 6.08 Å². The summed E-state index contributed by atoms with van der Waals surface area (Å²) < 4.78 is 5.23. The molecule has 32 heavy (non-hydrogen) atoms. The quantitative estimate of drug-likeness (QED) is 0.547. The summed E-state index contributed by atoms with van der Waals surface area (Å²) in [4.78, 5) is 34.0. The predicted octanol–water partition coefficient (Wildman–Crippen LogP) is 2.39. The monoisotopic (exact) mass is 437 g/mol. The highest BCUT2D eigenvalue weighted by Crippen LogP contribution is 2.40. The molecule has 1 saturated heterocycles. The van der Waals surface area contributed by atoms with Crippen LogP contribution in [0.5, 0.6) is 5.88 Å². The Kier molecular flexibility index (Phi) is 6.90. The van der Waals surface area contributed by atoms with Gasteiger partial charge in [-0.25, -0.2) is 4.98 Å². The molecule has 0 aromatic carbocycles. The predicted molar refractivity (Wildman–Crippen MR) is 124 cm³/mol. The van der Waals surface area contributed by atoms with Crippen LogP contribution >= 0.6 is 0 Å². The highest BCUT2D eigenvalue weighted by Gasteiger charge is 2.39. The first-order valence-corrected chi connectivity index (χ1v) is 11.2. The molecule has 8 heteroatoms. The van der Waals surface area contributed by atoms with Crippen LogP contribution in [0.25, 0.3) is 11.1 Å². The number of rotatable bonds is 8. The average molecular weight is 438 g/mol. The van der Waals surface area contributed by atoms with E-state index in [1.165, 1.54) is 0 Å². The van der Waals surface area contributed by atoms with Gasteiger partial charge >= 0.3 is 0 Å². The Morgan fingerprint density at radius 2 is 2.19 bits per heavy atom. The van der Waals surface area contributed by atoms with Crippen molar-refractivity contribution in [1.29, 1.82) is 0 Å². The number of hydrogen-bond acceptors (Lipinski definition) is 6. The second kappa shape index (κ2) is 9.99. The molecule has 8 nitrogen and oxygen atoms in total. The third kappa shape index (κ3) is 5.19. The van der Waals surface area contributed by atoms with Gasteiger partial charge in [0.05, 0.1) is 7.11 Å². The smallest absolute Gasteiger partial charge is 0.271 e. The third-order valence-corrected chi connectivity index (χ3v) is 6.31. The largest absolute Gasteiger partial charge is 0.481 e. The first kappa shape index (κ1) is 22.1. The van der Waals surface area contributed by atoms with Crippen molar-refractivity contribution < 1.29 is 9.53 Å². The van der Waals surface area contributed by atoms with E-state index in [-0.39, 0.29) is 17.5 Å². The SMILES string of the molecule is COc1cc(-c2c[nH]c(=O)c(N[C@@H](C3CC3)C3CCCN(C(=O)/C=C/CN)C3)c2)ccn1. The fraction of sp³-hybridized carbons (Fsp3) is 0.458. The molecule has 4 N–H and O–H groups in total. The second-order valence-corrected chi connectivity index (χ2v) is 8.55. The molecule has 2 aromatic heterocycles. The normalized spacial score (nSPS) is 19.7. The first-order valence-electron chi connectivity index (χ1n) is 11.2. The van der Waals surface area contributed by atoms with E-state index in [2.05, 4.69) is 15.3 Å². The molecule has 0 radical (unpaired) electrons. The van der Waals surface area contributed by atoms with Crippen molar-refractivity contribution in [2.24, 2.45) is 17.6 Å². The van der Waals surface area contributed by atoms with E-state index >= 15 is 0 Å². The van der Waals surface area contributed by atoms with Crippen LogP contribution in [-0.2, 0) is 4.79 Å². The van der Waals surface area contributed by atoms with Crippen LogP contribution in [-0.4, -0.2) is 53.6 Å². The van der Waals surface area contributed by atoms with Crippen molar-refractivity contribution in [3.8, 4) is 17.0 Å². The molecule has 2 atom stereocenters. The Morgan fingerprint density at radius 3 is 2.94 bits per heavy atom. The number of anilines is 1. The summed E-state index contributed by atoms with van der Waals surface area (Å²) in [6.45, 7) is 1.82. The van der Waals surface area contributed by atoms with Gasteiger partial charge in [-0.15, -0.1) is 0 Å². The van der Waals surface area contributed by atoms with E-state index in [4.69, 9.17) is 10.5 Å². The van der Waals surface area contributed by atoms with Gasteiger partial charge in [-0.2, -0.15) is 0 Å². The minimum Gasteiger partial charge on any atom is -0.481 e. The lowest BCUT2D eigenvalue weighted by atomic mass is 9.87. The number of pyridine rings is 2. The highest BCUT2D eigenvalue weighted by molar-refractivity contribution is 5.87. The van der Waals surface area contributed by atoms with Crippen LogP contribution < -0.4 is 21.3 Å². The number of methoxy groups -OCH3 is 1. The topological polar surface area (TPSA) is 113 Å². The molecule has 1 unspecified atom stereocenters. The number of nitrogens with zero attached hydrogens (tertiary/aromatic N) is 2. The van der Waals surface area contributed by atoms with Crippen molar-refractivity contribution in [1.82, 2.24) is 14.9 Å². The number of likely N-dealkylation sites (tertiary alicyclic amines) is 1. The summed E-state index contributed by atoms with van der Waals surface area (Å²) in [6, 6.07) is 5.78. The van der Waals surface area contributed by atoms with Gasteiger partial charge in [0.1, 0.15) is 5.69 Å². The Morgan fingerprint density at radius 1 is 1.34 bits per heavy atom. The summed E-state index contributed by atoms with van der Waals surface area (Å²) in [7, 11) is 1.58. The molecule has 0 spiro atoms. The maximum atomic E-state index is 12.6. The number of hydrogen-bond donors (Lipinski definition) is 3. The van der Waals surface area contributed by atoms with Gasteiger partial charge in [-0.05, 0) is 55.2 Å². The van der Waals surface area contributed by atoms with Gasteiger partial charge in [0.2, 0.25) is 11.8 Å². The van der Waals surface area contributed by atoms with Crippen molar-refractivity contribution in [2.45, 2.75) is 31.7 Å². The van der Waals surface area contributed by atoms with Crippen LogP contribution in [0.15, 0.2) is 47.5 Å². The summed E-state index contributed by atoms with van der Waals surface area (Å²) in [5.41, 5.74) is 7.70. The van der Waals surface area contributed by atoms with Crippen molar-refractivity contribution in [3.63, 3.8) is 0 Å². The molecule has 0 bridgehead atoms. The highest BCUT2D eigenvalue weighted by atomic mass is 16.5. The molecule has 1 aliphatic carbocycles. The molecule has 2 fully saturated rings. The molecule has 3 heterocycles. The number of nitrogens with one attached hydrogen (secondary N) is 2. The Balaban J connectivity index is 1.54. The zero-order valence-corrected chi connectivity index (χ0v) is 18.4. The zero-order valence-electron chi connectivity index (χ0n) is 18.4. The van der Waals surface area contributed by atoms with Gasteiger partial charge in [0.25, 0.3) is 5.56 Å². The number of nitrogens with two attached hydrogens (primary N) is 1. The standard InChI is InChI=1S/C24H31N5O3/c1-32-21-13-17(8-10-26-21)19-12-20(24(31)27-14-19)28-23(16-6-7-16)18-4-3-11-29(15-18)22(30)5-2-9-25/h2,5,8,10,12-14,16,18,23,28H,3-4,6-7,9,11,15,25H2,1H3,(H,27,31)/b5-2+/t18?,23-/m0/s1. The molecule has 2 aromatic rings. The molecule has 1 amide bonds. The van der Waals surface area contributed by atoms with Crippen molar-refractivity contribution >= 4 is 11.6 Å². The number of ether oxygens (including phenoxy) is 1. The summed E-state index contributed by atoms with van der Waals surface area (Å²) in [6.07, 6.45) is 11.0. The van der Waals surface area contributed by atoms with Crippen LogP contribution in [0.2, 0.25) is 0 Å². The van der Waals surface area contributed by atoms with Crippen LogP contribution in [0.1, 0.15) is 25.7 Å². The lowest BCUT2D eigenvalue weighted by molar-refractivity contribution is -0.127. The number of carbonyl (C=O) groups excluding carboxylic acids is 1. The molecule has 1 aliphatic heterocycles. The summed E-state index contributed by atoms with van der Waals surface area (Å²) in [5, 5.41) is 3.55. The fourth-order valence-electron chi connectivity index (χ4n) is 4.49. The number of carbonyl (C=O) groups is 1. The lowest BCUT2D eigenvalue weighted by Crippen LogP contribution is -2.46. The minimum absolute atomic E-state index is 0.0150. The molecular weight excluding hydrogens is 406 g/mol. The maximum Gasteiger partial charge on any atom is 0.271 e. The molecule has 4 rings (SSSR count). The summed E-state index contributed by atoms with van der Waals surface area (Å²) >= 11 is 0. The van der Waals surface area contributed by atoms with E-state index in [0.29, 0.717) is 36.5 Å². The summed E-state index contributed by atoms with van der Waals surface area (Å²) in [5.74, 6) is 1.37. The van der Waals surface area contributed by atoms with E-state index in [0.717, 1.165) is 43.4 Å². The Hall–Kier alpha value is -3.13. The van der Waals surface area contributed by atoms with Crippen molar-refractivity contribution in [3.05, 3.63) is 53.1 Å². The van der Waals surface area contributed by atoms with Crippen LogP contribution in [0.4, 0.5) is 5.69 Å². The number of piperidine rings is 1. The molecule has 170 valence electrons. The number of aromatic nitrogens is 2. The second-order valence-electron chi connectivity index (χ2n) is 8.55. The van der Waals surface area contributed by atoms with Crippen LogP contribution in [0, 0.1) is 11.8 Å². The zero-order chi connectivity index (χ0) is 22.5. The molecule has 2 aliphatic rings. The number of amides is 1. The van der Waals surface area contributed by atoms with E-state index in [9.17, 15) is 9.59 Å². The van der Waals surface area contributed by atoms with Crippen molar-refractivity contribution in [2.75, 3.05) is 32.1 Å². The van der Waals surface area contributed by atoms with Gasteiger partial charge in [0, 0.05) is 55.8 Å². The maximum absolute atomic E-state index is 12.6. The molecule has 1 saturated carbocycles.